The molecule has 0 radical (unpaired) electrons. The molecule has 0 bridgehead atoms. The van der Waals surface area contributed by atoms with E-state index >= 15 is 0 Å². The fourth-order valence-electron chi connectivity index (χ4n) is 1.93. The highest BCUT2D eigenvalue weighted by atomic mass is 35.5. The Morgan fingerprint density at radius 3 is 2.43 bits per heavy atom. The molecule has 1 aromatic heterocycles. The number of amides is 1. The number of halogens is 1. The van der Waals surface area contributed by atoms with Crippen molar-refractivity contribution >= 4 is 24.0 Å². The Morgan fingerprint density at radius 2 is 1.81 bits per heavy atom. The van der Waals surface area contributed by atoms with E-state index in [4.69, 9.17) is 0 Å². The first-order valence-electron chi connectivity index (χ1n) is 6.75. The number of anilines is 1. The number of nitrogens with one attached hydrogen (secondary N) is 1. The Morgan fingerprint density at radius 1 is 1.14 bits per heavy atom. The summed E-state index contributed by atoms with van der Waals surface area (Å²) in [6, 6.07) is 13.6. The highest BCUT2D eigenvalue weighted by Gasteiger charge is 2.11. The van der Waals surface area contributed by atoms with E-state index in [1.54, 1.807) is 12.4 Å². The van der Waals surface area contributed by atoms with Crippen molar-refractivity contribution in [3.05, 3.63) is 60.4 Å². The monoisotopic (exact) mass is 305 g/mol. The molecule has 0 spiro atoms. The molecule has 0 unspecified atom stereocenters. The van der Waals surface area contributed by atoms with E-state index in [9.17, 15) is 4.79 Å². The summed E-state index contributed by atoms with van der Waals surface area (Å²) in [6.07, 6.45) is 3.49. The second-order valence-electron chi connectivity index (χ2n) is 4.48. The molecule has 112 valence electrons. The maximum atomic E-state index is 12.2. The average molecular weight is 306 g/mol. The SMILES string of the molecule is CCN(Cc1ccncc1)C(=O)CNc1ccccc1.Cl. The molecule has 0 aliphatic rings. The highest BCUT2D eigenvalue weighted by Crippen LogP contribution is 2.06. The van der Waals surface area contributed by atoms with Gasteiger partial charge in [0.05, 0.1) is 6.54 Å². The van der Waals surface area contributed by atoms with Crippen LogP contribution in [0.15, 0.2) is 54.9 Å². The minimum absolute atomic E-state index is 0. The number of carbonyl (C=O) groups excluding carboxylic acids is 1. The third-order valence-electron chi connectivity index (χ3n) is 3.07. The average Bonchev–Trinajstić information content (AvgIpc) is 2.52. The number of pyridine rings is 1. The summed E-state index contributed by atoms with van der Waals surface area (Å²) in [5, 5.41) is 3.14. The number of carbonyl (C=O) groups is 1. The molecule has 21 heavy (non-hydrogen) atoms. The van der Waals surface area contributed by atoms with Crippen LogP contribution in [0.1, 0.15) is 12.5 Å². The van der Waals surface area contributed by atoms with Crippen molar-refractivity contribution in [1.29, 1.82) is 0 Å². The van der Waals surface area contributed by atoms with Crippen molar-refractivity contribution in [2.75, 3.05) is 18.4 Å². The number of rotatable bonds is 6. The predicted molar refractivity (Wildman–Crippen MR) is 87.5 cm³/mol. The molecule has 0 aliphatic heterocycles. The van der Waals surface area contributed by atoms with Crippen molar-refractivity contribution in [3.8, 4) is 0 Å². The summed E-state index contributed by atoms with van der Waals surface area (Å²) in [5.74, 6) is 0.0909. The Bertz CT molecular complexity index is 534. The molecule has 2 aromatic rings. The van der Waals surface area contributed by atoms with Gasteiger partial charge in [0, 0.05) is 31.2 Å². The van der Waals surface area contributed by atoms with Gasteiger partial charge in [0.15, 0.2) is 0 Å². The second-order valence-corrected chi connectivity index (χ2v) is 4.48. The molecule has 1 N–H and O–H groups in total. The van der Waals surface area contributed by atoms with Crippen LogP contribution in [0.4, 0.5) is 5.69 Å². The van der Waals surface area contributed by atoms with Crippen molar-refractivity contribution in [3.63, 3.8) is 0 Å². The van der Waals surface area contributed by atoms with Crippen molar-refractivity contribution < 1.29 is 4.79 Å². The third-order valence-corrected chi connectivity index (χ3v) is 3.07. The fraction of sp³-hybridized carbons (Fsp3) is 0.250. The van der Waals surface area contributed by atoms with Gasteiger partial charge >= 0.3 is 0 Å². The molecule has 0 saturated carbocycles. The normalized spacial score (nSPS) is 9.57. The van der Waals surface area contributed by atoms with Crippen LogP contribution in [-0.2, 0) is 11.3 Å². The van der Waals surface area contributed by atoms with E-state index in [0.29, 0.717) is 19.6 Å². The second kappa shape index (κ2) is 8.97. The Kier molecular flexibility index (Phi) is 7.26. The number of likely N-dealkylation sites (N-methyl/N-ethyl adjacent to an activating group) is 1. The van der Waals surface area contributed by atoms with Gasteiger partial charge in [-0.15, -0.1) is 12.4 Å². The zero-order chi connectivity index (χ0) is 14.2. The maximum Gasteiger partial charge on any atom is 0.242 e. The molecule has 5 heteroatoms. The quantitative estimate of drug-likeness (QED) is 0.892. The molecule has 0 atom stereocenters. The standard InChI is InChI=1S/C16H19N3O.ClH/c1-2-19(13-14-8-10-17-11-9-14)16(20)12-18-15-6-4-3-5-7-15;/h3-11,18H,2,12-13H2,1H3;1H. The molecule has 0 aliphatic carbocycles. The molecule has 0 fully saturated rings. The van der Waals surface area contributed by atoms with Gasteiger partial charge in [-0.3, -0.25) is 9.78 Å². The first kappa shape index (κ1) is 17.0. The zero-order valence-electron chi connectivity index (χ0n) is 12.0. The highest BCUT2D eigenvalue weighted by molar-refractivity contribution is 5.85. The fourth-order valence-corrected chi connectivity index (χ4v) is 1.93. The van der Waals surface area contributed by atoms with E-state index in [0.717, 1.165) is 11.3 Å². The number of nitrogens with zero attached hydrogens (tertiary/aromatic N) is 2. The number of para-hydroxylation sites is 1. The van der Waals surface area contributed by atoms with E-state index in [1.807, 2.05) is 54.3 Å². The van der Waals surface area contributed by atoms with E-state index in [1.165, 1.54) is 0 Å². The smallest absolute Gasteiger partial charge is 0.242 e. The summed E-state index contributed by atoms with van der Waals surface area (Å²) < 4.78 is 0. The summed E-state index contributed by atoms with van der Waals surface area (Å²) in [7, 11) is 0. The number of benzene rings is 1. The molecule has 1 aromatic carbocycles. The van der Waals surface area contributed by atoms with Crippen LogP contribution in [0.25, 0.3) is 0 Å². The van der Waals surface area contributed by atoms with Crippen LogP contribution in [0.5, 0.6) is 0 Å². The molecule has 4 nitrogen and oxygen atoms in total. The maximum absolute atomic E-state index is 12.2. The summed E-state index contributed by atoms with van der Waals surface area (Å²) in [5.41, 5.74) is 2.05. The first-order valence-corrected chi connectivity index (χ1v) is 6.75. The lowest BCUT2D eigenvalue weighted by atomic mass is 10.2. The van der Waals surface area contributed by atoms with Gasteiger partial charge in [0.25, 0.3) is 0 Å². The van der Waals surface area contributed by atoms with Gasteiger partial charge in [0.1, 0.15) is 0 Å². The molecule has 0 saturated heterocycles. The third kappa shape index (κ3) is 5.44. The number of aromatic nitrogens is 1. The number of hydrogen-bond acceptors (Lipinski definition) is 3. The molecule has 1 amide bonds. The van der Waals surface area contributed by atoms with Crippen molar-refractivity contribution in [2.45, 2.75) is 13.5 Å². The van der Waals surface area contributed by atoms with Gasteiger partial charge in [-0.2, -0.15) is 0 Å². The zero-order valence-corrected chi connectivity index (χ0v) is 12.8. The molecule has 1 heterocycles. The molecular weight excluding hydrogens is 286 g/mol. The largest absolute Gasteiger partial charge is 0.376 e. The summed E-state index contributed by atoms with van der Waals surface area (Å²) in [6.45, 7) is 3.61. The van der Waals surface area contributed by atoms with Crippen LogP contribution in [0, 0.1) is 0 Å². The van der Waals surface area contributed by atoms with E-state index in [-0.39, 0.29) is 18.3 Å². The minimum Gasteiger partial charge on any atom is -0.376 e. The van der Waals surface area contributed by atoms with Gasteiger partial charge in [-0.25, -0.2) is 0 Å². The minimum atomic E-state index is 0. The summed E-state index contributed by atoms with van der Waals surface area (Å²) in [4.78, 5) is 18.0. The Labute approximate surface area is 131 Å². The van der Waals surface area contributed by atoms with Crippen LogP contribution in [-0.4, -0.2) is 28.9 Å². The van der Waals surface area contributed by atoms with Gasteiger partial charge in [0.2, 0.25) is 5.91 Å². The molecule has 2 rings (SSSR count). The summed E-state index contributed by atoms with van der Waals surface area (Å²) >= 11 is 0. The van der Waals surface area contributed by atoms with Gasteiger partial charge < -0.3 is 10.2 Å². The lowest BCUT2D eigenvalue weighted by Crippen LogP contribution is -2.34. The first-order chi connectivity index (χ1) is 9.79. The van der Waals surface area contributed by atoms with Crippen LogP contribution in [0.2, 0.25) is 0 Å². The van der Waals surface area contributed by atoms with Crippen molar-refractivity contribution in [2.24, 2.45) is 0 Å². The lowest BCUT2D eigenvalue weighted by molar-refractivity contribution is -0.129. The van der Waals surface area contributed by atoms with Crippen LogP contribution < -0.4 is 5.32 Å². The lowest BCUT2D eigenvalue weighted by Gasteiger charge is -2.21. The van der Waals surface area contributed by atoms with E-state index in [2.05, 4.69) is 10.3 Å². The van der Waals surface area contributed by atoms with Crippen molar-refractivity contribution in [1.82, 2.24) is 9.88 Å². The number of hydrogen-bond donors (Lipinski definition) is 1. The Balaban J connectivity index is 0.00000220. The van der Waals surface area contributed by atoms with Crippen LogP contribution >= 0.6 is 12.4 Å². The van der Waals surface area contributed by atoms with Gasteiger partial charge in [-0.1, -0.05) is 18.2 Å². The Hall–Kier alpha value is -2.07. The molecular formula is C16H20ClN3O. The van der Waals surface area contributed by atoms with E-state index < -0.39 is 0 Å². The van der Waals surface area contributed by atoms with Crippen LogP contribution in [0.3, 0.4) is 0 Å². The topological polar surface area (TPSA) is 45.2 Å². The predicted octanol–water partition coefficient (Wildman–Crippen LogP) is 2.96. The van der Waals surface area contributed by atoms with Gasteiger partial charge in [-0.05, 0) is 36.8 Å².